The Balaban J connectivity index is 0.000000355. The maximum absolute atomic E-state index is 11.1. The highest BCUT2D eigenvalue weighted by molar-refractivity contribution is 5.78. The predicted octanol–water partition coefficient (Wildman–Crippen LogP) is 11.5. The molecule has 1 heteroatoms. The minimum atomic E-state index is 0.208. The van der Waals surface area contributed by atoms with Gasteiger partial charge in [-0.2, -0.15) is 0 Å². The predicted molar refractivity (Wildman–Crippen MR) is 190 cm³/mol. The summed E-state index contributed by atoms with van der Waals surface area (Å²) < 4.78 is 0. The first-order valence-corrected chi connectivity index (χ1v) is 15.2. The molecule has 0 unspecified atom stereocenters. The average molecular weight is 575 g/mol. The Bertz CT molecular complexity index is 1320. The molecule has 4 rings (SSSR count). The number of hydrogen-bond donors (Lipinski definition) is 0. The number of ketones is 1. The molecule has 0 amide bonds. The molecule has 4 aromatic carbocycles. The summed E-state index contributed by atoms with van der Waals surface area (Å²) in [7, 11) is 0. The Hall–Kier alpha value is -3.97. The molecule has 0 saturated carbocycles. The molecule has 0 atom stereocenters. The molecule has 0 bridgehead atoms. The van der Waals surface area contributed by atoms with Gasteiger partial charge in [-0.3, -0.25) is 4.79 Å². The smallest absolute Gasteiger partial charge is 0.134 e. The van der Waals surface area contributed by atoms with Gasteiger partial charge >= 0.3 is 0 Å². The standard InChI is InChI=1S/C21H24O.2C7H8.C7H14/c1-16-5-4-6-21(13-16)14-17(2)7-8-19-9-11-20(12-10-19)15-18(3)22;2*1-7-5-3-2-4-6-7;1-6(2)7(3,4)5/h4-6,9-13H,2,7-8,14-15H2,1,3H3;2*2-6H,1H3;1H2,2-5H3. The zero-order valence-corrected chi connectivity index (χ0v) is 28.0. The number of Topliss-reactive ketones (excluding diaryl/α,β-unsaturated/α-hetero) is 1. The van der Waals surface area contributed by atoms with E-state index in [1.165, 1.54) is 39.0 Å². The van der Waals surface area contributed by atoms with Crippen molar-refractivity contribution in [1.29, 1.82) is 0 Å². The first-order chi connectivity index (χ1) is 20.3. The Morgan fingerprint density at radius 3 is 1.40 bits per heavy atom. The summed E-state index contributed by atoms with van der Waals surface area (Å²) in [6.07, 6.45) is 3.48. The lowest BCUT2D eigenvalue weighted by atomic mass is 9.89. The van der Waals surface area contributed by atoms with Crippen molar-refractivity contribution < 1.29 is 4.79 Å². The van der Waals surface area contributed by atoms with Crippen LogP contribution in [0.3, 0.4) is 0 Å². The molecule has 1 nitrogen and oxygen atoms in total. The van der Waals surface area contributed by atoms with Gasteiger partial charge in [0.2, 0.25) is 0 Å². The van der Waals surface area contributed by atoms with Gasteiger partial charge in [-0.1, -0.05) is 171 Å². The van der Waals surface area contributed by atoms with E-state index in [0.29, 0.717) is 11.8 Å². The van der Waals surface area contributed by atoms with Crippen molar-refractivity contribution >= 4 is 5.78 Å². The van der Waals surface area contributed by atoms with E-state index in [-0.39, 0.29) is 5.78 Å². The van der Waals surface area contributed by atoms with Crippen LogP contribution in [0.4, 0.5) is 0 Å². The number of rotatable bonds is 7. The Morgan fingerprint density at radius 1 is 0.581 bits per heavy atom. The second kappa shape index (κ2) is 20.0. The lowest BCUT2D eigenvalue weighted by Crippen LogP contribution is -2.04. The number of benzene rings is 4. The van der Waals surface area contributed by atoms with Gasteiger partial charge in [0.25, 0.3) is 0 Å². The molecule has 0 spiro atoms. The molecule has 0 aliphatic carbocycles. The summed E-state index contributed by atoms with van der Waals surface area (Å²) in [6, 6.07) is 37.5. The van der Waals surface area contributed by atoms with Crippen LogP contribution in [-0.2, 0) is 24.1 Å². The summed E-state index contributed by atoms with van der Waals surface area (Å²) >= 11 is 0. The minimum Gasteiger partial charge on any atom is -0.300 e. The molecule has 228 valence electrons. The second-order valence-electron chi connectivity index (χ2n) is 12.5. The van der Waals surface area contributed by atoms with E-state index >= 15 is 0 Å². The molecule has 0 aliphatic heterocycles. The zero-order valence-electron chi connectivity index (χ0n) is 28.0. The molecule has 0 fully saturated rings. The second-order valence-corrected chi connectivity index (χ2v) is 12.5. The highest BCUT2D eigenvalue weighted by Gasteiger charge is 2.08. The van der Waals surface area contributed by atoms with Crippen LogP contribution in [0.1, 0.15) is 74.4 Å². The molecule has 0 saturated heterocycles. The number of hydrogen-bond acceptors (Lipinski definition) is 1. The van der Waals surface area contributed by atoms with Crippen LogP contribution < -0.4 is 0 Å². The van der Waals surface area contributed by atoms with Crippen molar-refractivity contribution in [3.8, 4) is 0 Å². The van der Waals surface area contributed by atoms with E-state index in [2.05, 4.69) is 134 Å². The molecule has 4 aromatic rings. The Labute approximate surface area is 263 Å². The third-order valence-electron chi connectivity index (χ3n) is 6.94. The van der Waals surface area contributed by atoms with Crippen molar-refractivity contribution in [2.45, 2.75) is 81.1 Å². The number of aryl methyl sites for hydroxylation is 4. The third kappa shape index (κ3) is 19.0. The summed E-state index contributed by atoms with van der Waals surface area (Å²) in [6.45, 7) is 24.5. The van der Waals surface area contributed by atoms with E-state index in [1.54, 1.807) is 6.92 Å². The molecular formula is C42H54O. The van der Waals surface area contributed by atoms with Crippen molar-refractivity contribution in [3.63, 3.8) is 0 Å². The Morgan fingerprint density at radius 2 is 1.02 bits per heavy atom. The molecule has 0 aliphatic rings. The minimum absolute atomic E-state index is 0.208. The first kappa shape index (κ1) is 37.1. The van der Waals surface area contributed by atoms with Gasteiger partial charge in [-0.15, -0.1) is 0 Å². The lowest BCUT2D eigenvalue weighted by molar-refractivity contribution is -0.116. The van der Waals surface area contributed by atoms with Crippen molar-refractivity contribution in [2.75, 3.05) is 0 Å². The maximum Gasteiger partial charge on any atom is 0.134 e. The van der Waals surface area contributed by atoms with E-state index in [9.17, 15) is 4.79 Å². The normalized spacial score (nSPS) is 10.0. The molecule has 0 aromatic heterocycles. The Kier molecular flexibility index (Phi) is 17.3. The zero-order chi connectivity index (χ0) is 32.3. The maximum atomic E-state index is 11.1. The molecular weight excluding hydrogens is 520 g/mol. The fraction of sp³-hybridized carbons (Fsp3) is 0.310. The van der Waals surface area contributed by atoms with Crippen molar-refractivity contribution in [3.05, 3.63) is 167 Å². The van der Waals surface area contributed by atoms with Crippen LogP contribution >= 0.6 is 0 Å². The highest BCUT2D eigenvalue weighted by Crippen LogP contribution is 2.21. The molecule has 43 heavy (non-hydrogen) atoms. The van der Waals surface area contributed by atoms with Gasteiger partial charge in [-0.25, -0.2) is 0 Å². The van der Waals surface area contributed by atoms with Gasteiger partial charge < -0.3 is 0 Å². The monoisotopic (exact) mass is 574 g/mol. The van der Waals surface area contributed by atoms with Gasteiger partial charge in [0.1, 0.15) is 5.78 Å². The van der Waals surface area contributed by atoms with Gasteiger partial charge in [-0.05, 0) is 76.0 Å². The summed E-state index contributed by atoms with van der Waals surface area (Å²) in [5.74, 6) is 0.208. The largest absolute Gasteiger partial charge is 0.300 e. The van der Waals surface area contributed by atoms with Crippen LogP contribution in [-0.4, -0.2) is 5.78 Å². The highest BCUT2D eigenvalue weighted by atomic mass is 16.1. The van der Waals surface area contributed by atoms with Crippen LogP contribution in [0.2, 0.25) is 0 Å². The SMILES string of the molecule is C=C(C)C(C)(C)C.C=C(CCc1ccc(CC(C)=O)cc1)Cc1cccc(C)c1.Cc1ccccc1.Cc1ccccc1. The van der Waals surface area contributed by atoms with Crippen molar-refractivity contribution in [1.82, 2.24) is 0 Å². The molecule has 0 N–H and O–H groups in total. The fourth-order valence-electron chi connectivity index (χ4n) is 3.70. The number of allylic oxidation sites excluding steroid dienone is 2. The summed E-state index contributed by atoms with van der Waals surface area (Å²) in [4.78, 5) is 11.1. The molecule has 0 heterocycles. The topological polar surface area (TPSA) is 17.1 Å². The van der Waals surface area contributed by atoms with Crippen molar-refractivity contribution in [2.24, 2.45) is 5.41 Å². The van der Waals surface area contributed by atoms with Crippen LogP contribution in [0, 0.1) is 26.2 Å². The van der Waals surface area contributed by atoms with E-state index in [4.69, 9.17) is 0 Å². The van der Waals surface area contributed by atoms with Crippen LogP contribution in [0.15, 0.2) is 133 Å². The van der Waals surface area contributed by atoms with Crippen LogP contribution in [0.5, 0.6) is 0 Å². The van der Waals surface area contributed by atoms with Gasteiger partial charge in [0, 0.05) is 6.42 Å². The molecule has 0 radical (unpaired) electrons. The van der Waals surface area contributed by atoms with Crippen LogP contribution in [0.25, 0.3) is 0 Å². The van der Waals surface area contributed by atoms with Gasteiger partial charge in [0.15, 0.2) is 0 Å². The summed E-state index contributed by atoms with van der Waals surface area (Å²) in [5, 5.41) is 0. The lowest BCUT2D eigenvalue weighted by Gasteiger charge is -2.16. The fourth-order valence-corrected chi connectivity index (χ4v) is 3.70. The number of carbonyl (C=O) groups excluding carboxylic acids is 1. The van der Waals surface area contributed by atoms with E-state index < -0.39 is 0 Å². The number of carbonyl (C=O) groups is 1. The van der Waals surface area contributed by atoms with E-state index in [0.717, 1.165) is 24.8 Å². The first-order valence-electron chi connectivity index (χ1n) is 15.2. The van der Waals surface area contributed by atoms with Gasteiger partial charge in [0.05, 0.1) is 0 Å². The van der Waals surface area contributed by atoms with E-state index in [1.807, 2.05) is 36.4 Å². The summed E-state index contributed by atoms with van der Waals surface area (Å²) in [5.41, 5.74) is 10.5. The average Bonchev–Trinajstić information content (AvgIpc) is 2.94. The quantitative estimate of drug-likeness (QED) is 0.201. The third-order valence-corrected chi connectivity index (χ3v) is 6.94.